The normalized spacial score (nSPS) is 10.2. The maximum absolute atomic E-state index is 7.84. The molecule has 0 amide bonds. The van der Waals surface area contributed by atoms with Crippen LogP contribution in [0.15, 0.2) is 12.3 Å². The predicted molar refractivity (Wildman–Crippen MR) is 77.7 cm³/mol. The van der Waals surface area contributed by atoms with Crippen molar-refractivity contribution in [3.8, 4) is 5.88 Å². The van der Waals surface area contributed by atoms with Gasteiger partial charge in [-0.3, -0.25) is 5.41 Å². The van der Waals surface area contributed by atoms with Gasteiger partial charge in [0.25, 0.3) is 0 Å². The molecule has 0 atom stereocenters. The van der Waals surface area contributed by atoms with E-state index in [0.29, 0.717) is 17.5 Å². The molecule has 0 saturated carbocycles. The number of halogens is 1. The number of unbranched alkanes of at least 4 members (excludes halogenated alkanes) is 1. The summed E-state index contributed by atoms with van der Waals surface area (Å²) < 4.78 is 6.61. The van der Waals surface area contributed by atoms with Crippen LogP contribution in [0.1, 0.15) is 25.3 Å². The number of rotatable bonds is 5. The minimum Gasteiger partial charge on any atom is -0.477 e. The number of hydrogen-bond acceptors (Lipinski definition) is 4. The molecule has 0 bridgehead atoms. The van der Waals surface area contributed by atoms with Gasteiger partial charge in [0, 0.05) is 9.77 Å². The molecule has 1 aromatic heterocycles. The van der Waals surface area contributed by atoms with Gasteiger partial charge in [-0.15, -0.1) is 11.8 Å². The van der Waals surface area contributed by atoms with Gasteiger partial charge < -0.3 is 4.74 Å². The number of pyridine rings is 1. The highest BCUT2D eigenvalue weighted by Crippen LogP contribution is 2.22. The Bertz CT molecular complexity index is 371. The summed E-state index contributed by atoms with van der Waals surface area (Å²) in [5, 5.41) is 8.33. The maximum atomic E-state index is 7.84. The molecular weight excluding hydrogens is 335 g/mol. The summed E-state index contributed by atoms with van der Waals surface area (Å²) in [6, 6.07) is 1.94. The van der Waals surface area contributed by atoms with Crippen molar-refractivity contribution < 1.29 is 4.74 Å². The fourth-order valence-electron chi connectivity index (χ4n) is 1.13. The first-order chi connectivity index (χ1) is 7.69. The summed E-state index contributed by atoms with van der Waals surface area (Å²) in [5.41, 5.74) is 0.788. The van der Waals surface area contributed by atoms with Crippen LogP contribution in [-0.4, -0.2) is 22.9 Å². The summed E-state index contributed by atoms with van der Waals surface area (Å²) in [6.45, 7) is 2.79. The minimum absolute atomic E-state index is 0.498. The Kier molecular flexibility index (Phi) is 6.12. The van der Waals surface area contributed by atoms with Crippen molar-refractivity contribution in [1.82, 2.24) is 4.98 Å². The van der Waals surface area contributed by atoms with Gasteiger partial charge in [-0.2, -0.15) is 0 Å². The van der Waals surface area contributed by atoms with Crippen molar-refractivity contribution in [2.24, 2.45) is 0 Å². The molecular formula is C11H15IN2OS. The van der Waals surface area contributed by atoms with Gasteiger partial charge >= 0.3 is 0 Å². The molecule has 1 heterocycles. The molecule has 0 radical (unpaired) electrons. The third-order valence-corrected chi connectivity index (χ3v) is 3.22. The zero-order chi connectivity index (χ0) is 12.0. The Labute approximate surface area is 114 Å². The summed E-state index contributed by atoms with van der Waals surface area (Å²) >= 11 is 3.59. The highest BCUT2D eigenvalue weighted by atomic mass is 127. The average molecular weight is 350 g/mol. The number of nitrogens with one attached hydrogen (secondary N) is 1. The topological polar surface area (TPSA) is 46.0 Å². The highest BCUT2D eigenvalue weighted by molar-refractivity contribution is 14.1. The lowest BCUT2D eigenvalue weighted by Crippen LogP contribution is -2.05. The average Bonchev–Trinajstić information content (AvgIpc) is 2.30. The molecule has 1 N–H and O–H groups in total. The smallest absolute Gasteiger partial charge is 0.223 e. The zero-order valence-corrected chi connectivity index (χ0v) is 12.4. The van der Waals surface area contributed by atoms with E-state index < -0.39 is 0 Å². The molecule has 0 saturated heterocycles. The maximum Gasteiger partial charge on any atom is 0.223 e. The quantitative estimate of drug-likeness (QED) is 0.382. The molecule has 0 aliphatic rings. The lowest BCUT2D eigenvalue weighted by Gasteiger charge is -2.10. The second kappa shape index (κ2) is 7.11. The summed E-state index contributed by atoms with van der Waals surface area (Å²) in [7, 11) is 0. The standard InChI is InChI=1S/C11H15IN2OS/c1-3-4-5-15-11-9(10(13)16-2)6-8(12)7-14-11/h6-7,13H,3-5H2,1-2H3. The van der Waals surface area contributed by atoms with E-state index in [4.69, 9.17) is 10.1 Å². The minimum atomic E-state index is 0.498. The van der Waals surface area contributed by atoms with E-state index in [9.17, 15) is 0 Å². The molecule has 1 rings (SSSR count). The molecule has 5 heteroatoms. The van der Waals surface area contributed by atoms with Gasteiger partial charge in [0.2, 0.25) is 5.88 Å². The van der Waals surface area contributed by atoms with Crippen molar-refractivity contribution in [3.63, 3.8) is 0 Å². The van der Waals surface area contributed by atoms with Crippen molar-refractivity contribution in [2.45, 2.75) is 19.8 Å². The van der Waals surface area contributed by atoms with Crippen LogP contribution in [0.25, 0.3) is 0 Å². The summed E-state index contributed by atoms with van der Waals surface area (Å²) in [4.78, 5) is 4.24. The van der Waals surface area contributed by atoms with E-state index in [1.54, 1.807) is 6.20 Å². The van der Waals surface area contributed by atoms with E-state index in [1.165, 1.54) is 11.8 Å². The van der Waals surface area contributed by atoms with Gasteiger partial charge in [0.05, 0.1) is 17.2 Å². The fourth-order valence-corrected chi connectivity index (χ4v) is 1.94. The molecule has 0 aliphatic heterocycles. The van der Waals surface area contributed by atoms with E-state index in [1.807, 2.05) is 12.3 Å². The van der Waals surface area contributed by atoms with Crippen molar-refractivity contribution in [2.75, 3.05) is 12.9 Å². The Morgan fingerprint density at radius 1 is 1.62 bits per heavy atom. The van der Waals surface area contributed by atoms with Gasteiger partial charge in [0.15, 0.2) is 0 Å². The van der Waals surface area contributed by atoms with E-state index in [-0.39, 0.29) is 0 Å². The molecule has 0 fully saturated rings. The largest absolute Gasteiger partial charge is 0.477 e. The van der Waals surface area contributed by atoms with Gasteiger partial charge in [-0.25, -0.2) is 4.98 Å². The first kappa shape index (κ1) is 13.8. The van der Waals surface area contributed by atoms with Crippen LogP contribution in [0, 0.1) is 8.98 Å². The first-order valence-corrected chi connectivity index (χ1v) is 7.40. The van der Waals surface area contributed by atoms with Crippen molar-refractivity contribution >= 4 is 39.4 Å². The van der Waals surface area contributed by atoms with Crippen LogP contribution in [-0.2, 0) is 0 Å². The molecule has 0 unspecified atom stereocenters. The number of nitrogens with zero attached hydrogens (tertiary/aromatic N) is 1. The Hall–Kier alpha value is -0.300. The first-order valence-electron chi connectivity index (χ1n) is 5.10. The van der Waals surface area contributed by atoms with E-state index in [0.717, 1.165) is 22.0 Å². The van der Waals surface area contributed by atoms with Crippen molar-refractivity contribution in [1.29, 1.82) is 5.41 Å². The lowest BCUT2D eigenvalue weighted by atomic mass is 10.3. The zero-order valence-electron chi connectivity index (χ0n) is 9.42. The van der Waals surface area contributed by atoms with E-state index >= 15 is 0 Å². The predicted octanol–water partition coefficient (Wildman–Crippen LogP) is 3.55. The van der Waals surface area contributed by atoms with E-state index in [2.05, 4.69) is 34.5 Å². The monoisotopic (exact) mass is 350 g/mol. The molecule has 0 aliphatic carbocycles. The Morgan fingerprint density at radius 3 is 3.00 bits per heavy atom. The molecule has 3 nitrogen and oxygen atoms in total. The molecule has 16 heavy (non-hydrogen) atoms. The van der Waals surface area contributed by atoms with Crippen LogP contribution in [0.5, 0.6) is 5.88 Å². The van der Waals surface area contributed by atoms with Crippen molar-refractivity contribution in [3.05, 3.63) is 21.4 Å². The fraction of sp³-hybridized carbons (Fsp3) is 0.455. The number of ether oxygens (including phenoxy) is 1. The second-order valence-electron chi connectivity index (χ2n) is 3.24. The SMILES string of the molecule is CCCCOc1ncc(I)cc1C(=N)SC. The number of aromatic nitrogens is 1. The third-order valence-electron chi connectivity index (χ3n) is 2.00. The Balaban J connectivity index is 2.85. The summed E-state index contributed by atoms with van der Waals surface area (Å²) in [6.07, 6.45) is 5.76. The Morgan fingerprint density at radius 2 is 2.38 bits per heavy atom. The molecule has 88 valence electrons. The number of hydrogen-bond donors (Lipinski definition) is 1. The molecule has 0 aromatic carbocycles. The van der Waals surface area contributed by atoms with Gasteiger partial charge in [0.1, 0.15) is 0 Å². The van der Waals surface area contributed by atoms with Crippen LogP contribution < -0.4 is 4.74 Å². The second-order valence-corrected chi connectivity index (χ2v) is 5.30. The third kappa shape index (κ3) is 3.93. The lowest BCUT2D eigenvalue weighted by molar-refractivity contribution is 0.297. The molecule has 1 aromatic rings. The van der Waals surface area contributed by atoms with Crippen LogP contribution >= 0.6 is 34.4 Å². The van der Waals surface area contributed by atoms with Crippen LogP contribution in [0.4, 0.5) is 0 Å². The summed E-state index contributed by atoms with van der Waals surface area (Å²) in [5.74, 6) is 0.577. The molecule has 0 spiro atoms. The number of thioether (sulfide) groups is 1. The van der Waals surface area contributed by atoms with Gasteiger partial charge in [-0.05, 0) is 41.3 Å². The van der Waals surface area contributed by atoms with Crippen LogP contribution in [0.3, 0.4) is 0 Å². The van der Waals surface area contributed by atoms with Crippen LogP contribution in [0.2, 0.25) is 0 Å². The highest BCUT2D eigenvalue weighted by Gasteiger charge is 2.10. The van der Waals surface area contributed by atoms with Gasteiger partial charge in [-0.1, -0.05) is 13.3 Å².